The van der Waals surface area contributed by atoms with Crippen LogP contribution in [0.5, 0.6) is 0 Å². The van der Waals surface area contributed by atoms with Gasteiger partial charge in [-0.05, 0) is 61.2 Å². The van der Waals surface area contributed by atoms with Crippen molar-refractivity contribution in [3.05, 3.63) is 89.5 Å². The Hall–Kier alpha value is -3.63. The number of aryl methyl sites for hydroxylation is 1. The highest BCUT2D eigenvalue weighted by Crippen LogP contribution is 2.34. The summed E-state index contributed by atoms with van der Waals surface area (Å²) in [7, 11) is -3.71. The summed E-state index contributed by atoms with van der Waals surface area (Å²) < 4.78 is 28.3. The monoisotopic (exact) mass is 445 g/mol. The zero-order chi connectivity index (χ0) is 22.6. The van der Waals surface area contributed by atoms with E-state index in [9.17, 15) is 13.2 Å². The maximum absolute atomic E-state index is 13.0. The topological polar surface area (TPSA) is 90.3 Å². The van der Waals surface area contributed by atoms with Gasteiger partial charge >= 0.3 is 0 Å². The zero-order valence-corrected chi connectivity index (χ0v) is 18.3. The van der Waals surface area contributed by atoms with E-state index in [2.05, 4.69) is 10.8 Å². The Kier molecular flexibility index (Phi) is 6.24. The number of hydrogen-bond donors (Lipinski definition) is 1. The minimum atomic E-state index is -3.71. The van der Waals surface area contributed by atoms with Gasteiger partial charge in [-0.15, -0.1) is 0 Å². The number of benzene rings is 3. The molecule has 0 bridgehead atoms. The van der Waals surface area contributed by atoms with E-state index >= 15 is 0 Å². The highest BCUT2D eigenvalue weighted by Gasteiger charge is 2.25. The van der Waals surface area contributed by atoms with E-state index in [-0.39, 0.29) is 10.8 Å². The minimum absolute atomic E-state index is 0.00150. The third kappa shape index (κ3) is 4.66. The molecule has 0 aliphatic carbocycles. The van der Waals surface area contributed by atoms with E-state index < -0.39 is 10.0 Å². The van der Waals surface area contributed by atoms with E-state index in [0.717, 1.165) is 23.2 Å². The maximum atomic E-state index is 13.0. The Morgan fingerprint density at radius 1 is 1.00 bits per heavy atom. The van der Waals surface area contributed by atoms with Gasteiger partial charge in [0, 0.05) is 24.2 Å². The Labute approximate surface area is 188 Å². The molecule has 1 heterocycles. The summed E-state index contributed by atoms with van der Waals surface area (Å²) in [5.41, 5.74) is 3.70. The summed E-state index contributed by atoms with van der Waals surface area (Å²) in [5.74, 6) is -0.00150. The van der Waals surface area contributed by atoms with Crippen LogP contribution in [-0.4, -0.2) is 20.9 Å². The number of carbonyl (C=O) groups excluding carboxylic acids is 1. The number of anilines is 2. The quantitative estimate of drug-likeness (QED) is 0.613. The van der Waals surface area contributed by atoms with E-state index in [1.54, 1.807) is 59.5 Å². The van der Waals surface area contributed by atoms with Crippen molar-refractivity contribution < 1.29 is 13.2 Å². The average Bonchev–Trinajstić information content (AvgIpc) is 2.83. The molecule has 32 heavy (non-hydrogen) atoms. The predicted octanol–water partition coefficient (Wildman–Crippen LogP) is 4.27. The molecule has 0 saturated carbocycles. The number of fused-ring (bicyclic) bond motifs is 1. The Balaban J connectivity index is 1.52. The molecule has 0 radical (unpaired) electrons. The molecule has 7 heteroatoms. The van der Waals surface area contributed by atoms with Gasteiger partial charge < -0.3 is 4.90 Å². The van der Waals surface area contributed by atoms with Crippen LogP contribution < -0.4 is 9.62 Å². The third-order valence-corrected chi connectivity index (χ3v) is 6.94. The largest absolute Gasteiger partial charge is 0.312 e. The van der Waals surface area contributed by atoms with E-state index in [0.29, 0.717) is 37.1 Å². The van der Waals surface area contributed by atoms with Crippen molar-refractivity contribution in [2.24, 2.45) is 0 Å². The summed E-state index contributed by atoms with van der Waals surface area (Å²) in [4.78, 5) is 15.0. The molecular weight excluding hydrogens is 422 g/mol. The van der Waals surface area contributed by atoms with Gasteiger partial charge in [0.15, 0.2) is 0 Å². The molecule has 0 atom stereocenters. The van der Waals surface area contributed by atoms with Crippen molar-refractivity contribution in [1.29, 1.82) is 5.26 Å². The fourth-order valence-electron chi connectivity index (χ4n) is 3.91. The number of nitrogens with zero attached hydrogens (tertiary/aromatic N) is 2. The first-order valence-corrected chi connectivity index (χ1v) is 12.0. The lowest BCUT2D eigenvalue weighted by Gasteiger charge is -2.31. The van der Waals surface area contributed by atoms with Crippen molar-refractivity contribution >= 4 is 27.3 Å². The van der Waals surface area contributed by atoms with Crippen molar-refractivity contribution in [2.75, 3.05) is 16.2 Å². The first kappa shape index (κ1) is 21.6. The number of rotatable bonds is 6. The molecule has 3 aromatic carbocycles. The van der Waals surface area contributed by atoms with Gasteiger partial charge in [-0.1, -0.05) is 36.4 Å². The van der Waals surface area contributed by atoms with Crippen LogP contribution in [-0.2, 0) is 27.7 Å². The first-order valence-electron chi connectivity index (χ1n) is 10.5. The van der Waals surface area contributed by atoms with E-state index in [1.807, 2.05) is 18.2 Å². The van der Waals surface area contributed by atoms with Crippen LogP contribution in [0.25, 0.3) is 0 Å². The summed E-state index contributed by atoms with van der Waals surface area (Å²) in [6.07, 6.45) is 2.38. The lowest BCUT2D eigenvalue weighted by molar-refractivity contribution is -0.118. The van der Waals surface area contributed by atoms with Crippen LogP contribution in [0, 0.1) is 11.3 Å². The second-order valence-corrected chi connectivity index (χ2v) is 9.36. The molecule has 1 aliphatic rings. The molecule has 0 spiro atoms. The van der Waals surface area contributed by atoms with Crippen LogP contribution in [0.2, 0.25) is 0 Å². The molecule has 3 aromatic rings. The maximum Gasteiger partial charge on any atom is 0.261 e. The van der Waals surface area contributed by atoms with Crippen LogP contribution in [0.3, 0.4) is 0 Å². The molecule has 1 amide bonds. The fraction of sp³-hybridized carbons (Fsp3) is 0.200. The molecule has 4 rings (SSSR count). The number of carbonyl (C=O) groups is 1. The minimum Gasteiger partial charge on any atom is -0.312 e. The van der Waals surface area contributed by atoms with Crippen molar-refractivity contribution in [3.63, 3.8) is 0 Å². The summed E-state index contributed by atoms with van der Waals surface area (Å²) in [5, 5.41) is 8.91. The number of nitrogens with one attached hydrogen (secondary N) is 1. The lowest BCUT2D eigenvalue weighted by atomic mass is 9.99. The molecule has 0 fully saturated rings. The van der Waals surface area contributed by atoms with Gasteiger partial charge in [0.05, 0.1) is 22.2 Å². The van der Waals surface area contributed by atoms with Crippen LogP contribution in [0.1, 0.15) is 29.5 Å². The molecule has 0 unspecified atom stereocenters. The molecule has 1 aliphatic heterocycles. The smallest absolute Gasteiger partial charge is 0.261 e. The second kappa shape index (κ2) is 9.25. The number of amides is 1. The predicted molar refractivity (Wildman–Crippen MR) is 124 cm³/mol. The number of sulfonamides is 1. The van der Waals surface area contributed by atoms with Crippen molar-refractivity contribution in [1.82, 2.24) is 0 Å². The summed E-state index contributed by atoms with van der Waals surface area (Å²) in [6.45, 7) is 0.605. The first-order chi connectivity index (χ1) is 15.5. The van der Waals surface area contributed by atoms with Crippen LogP contribution in [0.4, 0.5) is 11.4 Å². The molecule has 0 saturated heterocycles. The number of hydrogen-bond acceptors (Lipinski definition) is 4. The number of nitriles is 1. The van der Waals surface area contributed by atoms with Gasteiger partial charge in [0.1, 0.15) is 0 Å². The highest BCUT2D eigenvalue weighted by molar-refractivity contribution is 7.92. The fourth-order valence-corrected chi connectivity index (χ4v) is 5.03. The van der Waals surface area contributed by atoms with Gasteiger partial charge in [0.2, 0.25) is 5.91 Å². The van der Waals surface area contributed by atoms with E-state index in [1.165, 1.54) is 0 Å². The Morgan fingerprint density at radius 2 is 1.75 bits per heavy atom. The van der Waals surface area contributed by atoms with Crippen LogP contribution >= 0.6 is 0 Å². The van der Waals surface area contributed by atoms with Gasteiger partial charge in [-0.2, -0.15) is 5.26 Å². The standard InChI is InChI=1S/C25H23N3O3S/c26-18-20-13-11-19(12-14-20)15-16-25(29)28-17-5-8-22-23(9-4-10-24(22)28)27-32(30,31)21-6-2-1-3-7-21/h1-4,6-7,9-14,27H,5,8,15-17H2. The second-order valence-electron chi connectivity index (χ2n) is 7.68. The summed E-state index contributed by atoms with van der Waals surface area (Å²) in [6, 6.07) is 22.9. The highest BCUT2D eigenvalue weighted by atomic mass is 32.2. The lowest BCUT2D eigenvalue weighted by Crippen LogP contribution is -2.36. The Morgan fingerprint density at radius 3 is 2.47 bits per heavy atom. The average molecular weight is 446 g/mol. The zero-order valence-electron chi connectivity index (χ0n) is 17.5. The normalized spacial score (nSPS) is 13.2. The van der Waals surface area contributed by atoms with Gasteiger partial charge in [0.25, 0.3) is 10.0 Å². The third-order valence-electron chi connectivity index (χ3n) is 5.56. The molecule has 1 N–H and O–H groups in total. The molecule has 6 nitrogen and oxygen atoms in total. The van der Waals surface area contributed by atoms with Gasteiger partial charge in [-0.3, -0.25) is 9.52 Å². The van der Waals surface area contributed by atoms with Crippen molar-refractivity contribution in [3.8, 4) is 6.07 Å². The van der Waals surface area contributed by atoms with Gasteiger partial charge in [-0.25, -0.2) is 8.42 Å². The van der Waals surface area contributed by atoms with Crippen LogP contribution in [0.15, 0.2) is 77.7 Å². The van der Waals surface area contributed by atoms with E-state index in [4.69, 9.17) is 5.26 Å². The SMILES string of the molecule is N#Cc1ccc(CCC(=O)N2CCCc3c(NS(=O)(=O)c4ccccc4)cccc32)cc1. The molecule has 0 aromatic heterocycles. The molecular formula is C25H23N3O3S. The Bertz CT molecular complexity index is 1260. The summed E-state index contributed by atoms with van der Waals surface area (Å²) >= 11 is 0. The molecule has 162 valence electrons. The van der Waals surface area contributed by atoms with Crippen molar-refractivity contribution in [2.45, 2.75) is 30.6 Å².